The first-order chi connectivity index (χ1) is 8.36. The molecule has 1 heterocycles. The molecule has 2 aromatic rings. The number of rotatable bonds is 3. The van der Waals surface area contributed by atoms with Gasteiger partial charge in [0, 0.05) is 30.3 Å². The molecule has 1 fully saturated rings. The number of aromatic nitrogens is 2. The fraction of sp³-hybridized carbons (Fsp3) is 0.286. The zero-order valence-corrected chi connectivity index (χ0v) is 9.85. The molecule has 1 aliphatic carbocycles. The molecule has 1 N–H and O–H groups in total. The summed E-state index contributed by atoms with van der Waals surface area (Å²) in [5, 5.41) is 3.11. The Kier molecular flexibility index (Phi) is 2.52. The fourth-order valence-electron chi connectivity index (χ4n) is 1.90. The number of nitrogens with zero attached hydrogens (tertiary/aromatic N) is 2. The molecular weight excluding hydrogens is 210 g/mol. The van der Waals surface area contributed by atoms with Crippen LogP contribution in [0.4, 0.5) is 5.82 Å². The Morgan fingerprint density at radius 2 is 1.88 bits per heavy atom. The lowest BCUT2D eigenvalue weighted by Crippen LogP contribution is -2.00. The van der Waals surface area contributed by atoms with Gasteiger partial charge in [0.25, 0.3) is 0 Å². The van der Waals surface area contributed by atoms with Crippen molar-refractivity contribution in [1.29, 1.82) is 0 Å². The van der Waals surface area contributed by atoms with Gasteiger partial charge in [-0.25, -0.2) is 9.97 Å². The van der Waals surface area contributed by atoms with E-state index in [0.717, 1.165) is 17.2 Å². The molecule has 1 aliphatic rings. The first kappa shape index (κ1) is 10.3. The van der Waals surface area contributed by atoms with Gasteiger partial charge in [0.2, 0.25) is 0 Å². The standard InChI is InChI=1S/C14H15N3/c1-15-13-9-12(10-7-8-10)16-14(17-13)11-5-3-2-4-6-11/h2-6,9-10H,7-8H2,1H3,(H,15,16,17). The van der Waals surface area contributed by atoms with Crippen molar-refractivity contribution in [3.05, 3.63) is 42.1 Å². The molecule has 0 spiro atoms. The maximum absolute atomic E-state index is 4.66. The summed E-state index contributed by atoms with van der Waals surface area (Å²) in [4.78, 5) is 9.17. The van der Waals surface area contributed by atoms with E-state index in [1.165, 1.54) is 18.5 Å². The Hall–Kier alpha value is -1.90. The van der Waals surface area contributed by atoms with Crippen molar-refractivity contribution >= 4 is 5.82 Å². The van der Waals surface area contributed by atoms with Crippen LogP contribution in [0.15, 0.2) is 36.4 Å². The van der Waals surface area contributed by atoms with Crippen molar-refractivity contribution in [2.75, 3.05) is 12.4 Å². The molecule has 3 nitrogen and oxygen atoms in total. The molecule has 0 unspecified atom stereocenters. The third-order valence-corrected chi connectivity index (χ3v) is 3.03. The number of hydrogen-bond donors (Lipinski definition) is 1. The molecule has 3 rings (SSSR count). The van der Waals surface area contributed by atoms with Crippen molar-refractivity contribution in [3.63, 3.8) is 0 Å². The summed E-state index contributed by atoms with van der Waals surface area (Å²) in [5.41, 5.74) is 2.25. The van der Waals surface area contributed by atoms with Crippen molar-refractivity contribution in [1.82, 2.24) is 9.97 Å². The van der Waals surface area contributed by atoms with Crippen LogP contribution in [0.5, 0.6) is 0 Å². The summed E-state index contributed by atoms with van der Waals surface area (Å²) in [6, 6.07) is 12.2. The number of benzene rings is 1. The van der Waals surface area contributed by atoms with Crippen LogP contribution in [0.1, 0.15) is 24.5 Å². The molecule has 1 saturated carbocycles. The second-order valence-corrected chi connectivity index (χ2v) is 4.39. The second-order valence-electron chi connectivity index (χ2n) is 4.39. The van der Waals surface area contributed by atoms with Gasteiger partial charge < -0.3 is 5.32 Å². The highest BCUT2D eigenvalue weighted by Gasteiger charge is 2.26. The number of hydrogen-bond acceptors (Lipinski definition) is 3. The van der Waals surface area contributed by atoms with Gasteiger partial charge in [0.15, 0.2) is 5.82 Å². The quantitative estimate of drug-likeness (QED) is 0.872. The maximum Gasteiger partial charge on any atom is 0.161 e. The molecule has 0 saturated heterocycles. The minimum atomic E-state index is 0.646. The first-order valence-corrected chi connectivity index (χ1v) is 5.99. The van der Waals surface area contributed by atoms with Crippen LogP contribution in [0.25, 0.3) is 11.4 Å². The predicted octanol–water partition coefficient (Wildman–Crippen LogP) is 3.06. The minimum Gasteiger partial charge on any atom is -0.373 e. The van der Waals surface area contributed by atoms with Gasteiger partial charge >= 0.3 is 0 Å². The normalized spacial score (nSPS) is 14.6. The topological polar surface area (TPSA) is 37.8 Å². The van der Waals surface area contributed by atoms with Crippen molar-refractivity contribution in [2.45, 2.75) is 18.8 Å². The van der Waals surface area contributed by atoms with Crippen molar-refractivity contribution < 1.29 is 0 Å². The third-order valence-electron chi connectivity index (χ3n) is 3.03. The summed E-state index contributed by atoms with van der Waals surface area (Å²) in [6.45, 7) is 0. The van der Waals surface area contributed by atoms with E-state index in [1.54, 1.807) is 0 Å². The van der Waals surface area contributed by atoms with E-state index < -0.39 is 0 Å². The SMILES string of the molecule is CNc1cc(C2CC2)nc(-c2ccccc2)n1. The molecule has 0 amide bonds. The number of nitrogens with one attached hydrogen (secondary N) is 1. The summed E-state index contributed by atoms with van der Waals surface area (Å²) in [6.07, 6.45) is 2.52. The Bertz CT molecular complexity index is 518. The largest absolute Gasteiger partial charge is 0.373 e. The van der Waals surface area contributed by atoms with Crippen LogP contribution in [-0.2, 0) is 0 Å². The van der Waals surface area contributed by atoms with Crippen LogP contribution >= 0.6 is 0 Å². The van der Waals surface area contributed by atoms with Gasteiger partial charge in [-0.05, 0) is 12.8 Å². The average Bonchev–Trinajstić information content (AvgIpc) is 3.23. The predicted molar refractivity (Wildman–Crippen MR) is 69.0 cm³/mol. The lowest BCUT2D eigenvalue weighted by atomic mass is 10.2. The molecule has 0 radical (unpaired) electrons. The minimum absolute atomic E-state index is 0.646. The Balaban J connectivity index is 2.06. The lowest BCUT2D eigenvalue weighted by molar-refractivity contribution is 0.995. The van der Waals surface area contributed by atoms with Crippen molar-refractivity contribution in [3.8, 4) is 11.4 Å². The molecule has 0 aliphatic heterocycles. The van der Waals surface area contributed by atoms with Gasteiger partial charge in [-0.1, -0.05) is 30.3 Å². The fourth-order valence-corrected chi connectivity index (χ4v) is 1.90. The zero-order valence-electron chi connectivity index (χ0n) is 9.85. The van der Waals surface area contributed by atoms with Crippen LogP contribution in [-0.4, -0.2) is 17.0 Å². The van der Waals surface area contributed by atoms with Gasteiger partial charge in [-0.15, -0.1) is 0 Å². The lowest BCUT2D eigenvalue weighted by Gasteiger charge is -2.07. The van der Waals surface area contributed by atoms with E-state index in [4.69, 9.17) is 0 Å². The smallest absolute Gasteiger partial charge is 0.161 e. The molecule has 3 heteroatoms. The highest BCUT2D eigenvalue weighted by atomic mass is 15.0. The van der Waals surface area contributed by atoms with Gasteiger partial charge in [0.05, 0.1) is 0 Å². The number of anilines is 1. The first-order valence-electron chi connectivity index (χ1n) is 5.99. The summed E-state index contributed by atoms with van der Waals surface area (Å²) in [7, 11) is 1.90. The molecule has 17 heavy (non-hydrogen) atoms. The molecule has 86 valence electrons. The van der Waals surface area contributed by atoms with Crippen LogP contribution in [0, 0.1) is 0 Å². The molecule has 1 aromatic heterocycles. The highest BCUT2D eigenvalue weighted by molar-refractivity contribution is 5.57. The molecular formula is C14H15N3. The van der Waals surface area contributed by atoms with E-state index in [1.807, 2.05) is 37.4 Å². The van der Waals surface area contributed by atoms with Gasteiger partial charge in [0.1, 0.15) is 5.82 Å². The average molecular weight is 225 g/mol. The van der Waals surface area contributed by atoms with Crippen molar-refractivity contribution in [2.24, 2.45) is 0 Å². The Morgan fingerprint density at radius 3 is 2.53 bits per heavy atom. The van der Waals surface area contributed by atoms with Crippen LogP contribution in [0.3, 0.4) is 0 Å². The van der Waals surface area contributed by atoms with E-state index in [-0.39, 0.29) is 0 Å². The van der Waals surface area contributed by atoms with Crippen LogP contribution < -0.4 is 5.32 Å². The third kappa shape index (κ3) is 2.13. The maximum atomic E-state index is 4.66. The summed E-state index contributed by atoms with van der Waals surface area (Å²) >= 11 is 0. The van der Waals surface area contributed by atoms with Crippen LogP contribution in [0.2, 0.25) is 0 Å². The van der Waals surface area contributed by atoms with E-state index >= 15 is 0 Å². The van der Waals surface area contributed by atoms with E-state index in [0.29, 0.717) is 5.92 Å². The molecule has 0 bridgehead atoms. The van der Waals surface area contributed by atoms with E-state index in [9.17, 15) is 0 Å². The zero-order chi connectivity index (χ0) is 11.7. The highest BCUT2D eigenvalue weighted by Crippen LogP contribution is 2.40. The summed E-state index contributed by atoms with van der Waals surface area (Å²) in [5.74, 6) is 2.37. The van der Waals surface area contributed by atoms with Gasteiger partial charge in [-0.3, -0.25) is 0 Å². The van der Waals surface area contributed by atoms with Gasteiger partial charge in [-0.2, -0.15) is 0 Å². The molecule has 1 aromatic carbocycles. The monoisotopic (exact) mass is 225 g/mol. The Labute approximate surface area is 101 Å². The molecule has 0 atom stereocenters. The second kappa shape index (κ2) is 4.17. The summed E-state index contributed by atoms with van der Waals surface area (Å²) < 4.78 is 0. The van der Waals surface area contributed by atoms with E-state index in [2.05, 4.69) is 21.4 Å². The Morgan fingerprint density at radius 1 is 1.12 bits per heavy atom.